The van der Waals surface area contributed by atoms with Crippen LogP contribution >= 0.6 is 0 Å². The zero-order valence-electron chi connectivity index (χ0n) is 11.6. The average molecular weight is 269 g/mol. The van der Waals surface area contributed by atoms with Crippen LogP contribution in [0.2, 0.25) is 0 Å². The lowest BCUT2D eigenvalue weighted by Gasteiger charge is -2.15. The van der Waals surface area contributed by atoms with Crippen LogP contribution in [0.3, 0.4) is 0 Å². The molecule has 4 heteroatoms. The Kier molecular flexibility index (Phi) is 3.32. The van der Waals surface area contributed by atoms with Crippen LogP contribution in [0.4, 0.5) is 11.5 Å². The average Bonchev–Trinajstić information content (AvgIpc) is 2.80. The molecule has 1 atom stereocenters. The molecule has 3 rings (SSSR count). The van der Waals surface area contributed by atoms with Gasteiger partial charge in [-0.3, -0.25) is 0 Å². The van der Waals surface area contributed by atoms with Gasteiger partial charge in [-0.05, 0) is 41.3 Å². The van der Waals surface area contributed by atoms with Crippen molar-refractivity contribution in [1.82, 2.24) is 4.98 Å². The van der Waals surface area contributed by atoms with Crippen molar-refractivity contribution >= 4 is 11.5 Å². The van der Waals surface area contributed by atoms with Gasteiger partial charge >= 0.3 is 0 Å². The molecule has 104 valence electrons. The molecule has 1 aliphatic heterocycles. The van der Waals surface area contributed by atoms with Crippen LogP contribution in [-0.2, 0) is 12.8 Å². The highest BCUT2D eigenvalue weighted by Gasteiger charge is 2.18. The largest absolute Gasteiger partial charge is 0.388 e. The summed E-state index contributed by atoms with van der Waals surface area (Å²) in [5.74, 6) is 0.491. The van der Waals surface area contributed by atoms with Crippen molar-refractivity contribution in [2.24, 2.45) is 0 Å². The molecular weight excluding hydrogens is 250 g/mol. The van der Waals surface area contributed by atoms with E-state index in [1.54, 1.807) is 6.20 Å². The van der Waals surface area contributed by atoms with E-state index < -0.39 is 6.10 Å². The monoisotopic (exact) mass is 269 g/mol. The van der Waals surface area contributed by atoms with Gasteiger partial charge in [0.25, 0.3) is 0 Å². The van der Waals surface area contributed by atoms with Crippen molar-refractivity contribution in [2.75, 3.05) is 24.2 Å². The number of aliphatic hydroxyl groups excluding tert-OH is 1. The van der Waals surface area contributed by atoms with Gasteiger partial charge in [0.05, 0.1) is 6.10 Å². The highest BCUT2D eigenvalue weighted by Crippen LogP contribution is 2.30. The van der Waals surface area contributed by atoms with Crippen LogP contribution in [0.25, 0.3) is 0 Å². The number of pyridine rings is 1. The zero-order valence-corrected chi connectivity index (χ0v) is 11.6. The summed E-state index contributed by atoms with van der Waals surface area (Å²) in [5.41, 5.74) is 10.2. The summed E-state index contributed by atoms with van der Waals surface area (Å²) >= 11 is 0. The summed E-state index contributed by atoms with van der Waals surface area (Å²) < 4.78 is 0. The van der Waals surface area contributed by atoms with Gasteiger partial charge in [-0.25, -0.2) is 4.98 Å². The molecule has 0 fully saturated rings. The molecule has 1 aliphatic rings. The third kappa shape index (κ3) is 2.47. The molecule has 1 aromatic carbocycles. The normalized spacial score (nSPS) is 15.2. The number of hydrogen-bond acceptors (Lipinski definition) is 4. The molecule has 0 bridgehead atoms. The summed E-state index contributed by atoms with van der Waals surface area (Å²) in [6, 6.07) is 9.93. The maximum Gasteiger partial charge on any atom is 0.123 e. The SMILES string of the molecule is CN1CCc2cc(C(O)Cc3ccnc(N)c3)ccc21. The summed E-state index contributed by atoms with van der Waals surface area (Å²) in [4.78, 5) is 6.21. The minimum atomic E-state index is -0.506. The molecule has 3 N–H and O–H groups in total. The molecule has 2 heterocycles. The molecule has 1 unspecified atom stereocenters. The third-order valence-electron chi connectivity index (χ3n) is 3.89. The molecule has 0 spiro atoms. The molecule has 4 nitrogen and oxygen atoms in total. The smallest absolute Gasteiger partial charge is 0.123 e. The molecule has 20 heavy (non-hydrogen) atoms. The second-order valence-electron chi connectivity index (χ2n) is 5.37. The maximum atomic E-state index is 10.4. The van der Waals surface area contributed by atoms with Gasteiger partial charge in [-0.2, -0.15) is 0 Å². The van der Waals surface area contributed by atoms with Crippen molar-refractivity contribution in [3.8, 4) is 0 Å². The number of aliphatic hydroxyl groups is 1. The van der Waals surface area contributed by atoms with E-state index in [4.69, 9.17) is 5.73 Å². The van der Waals surface area contributed by atoms with Gasteiger partial charge in [-0.15, -0.1) is 0 Å². The Labute approximate surface area is 118 Å². The van der Waals surface area contributed by atoms with E-state index in [2.05, 4.69) is 29.1 Å². The van der Waals surface area contributed by atoms with Crippen LogP contribution in [0.5, 0.6) is 0 Å². The Morgan fingerprint density at radius 2 is 2.20 bits per heavy atom. The molecule has 1 aromatic heterocycles. The van der Waals surface area contributed by atoms with Gasteiger partial charge in [0, 0.05) is 31.9 Å². The second kappa shape index (κ2) is 5.13. The predicted molar refractivity (Wildman–Crippen MR) is 80.7 cm³/mol. The first-order chi connectivity index (χ1) is 9.63. The van der Waals surface area contributed by atoms with Crippen molar-refractivity contribution in [1.29, 1.82) is 0 Å². The van der Waals surface area contributed by atoms with Gasteiger partial charge in [0.2, 0.25) is 0 Å². The minimum absolute atomic E-state index is 0.491. The van der Waals surface area contributed by atoms with E-state index in [1.807, 2.05) is 18.2 Å². The lowest BCUT2D eigenvalue weighted by atomic mass is 9.99. The Hall–Kier alpha value is -2.07. The van der Waals surface area contributed by atoms with Crippen molar-refractivity contribution in [3.63, 3.8) is 0 Å². The standard InChI is InChI=1S/C16H19N3O/c1-19-7-5-12-10-13(2-3-14(12)19)15(20)8-11-4-6-18-16(17)9-11/h2-4,6,9-10,15,20H,5,7-8H2,1H3,(H2,17,18). The number of rotatable bonds is 3. The number of fused-ring (bicyclic) bond motifs is 1. The minimum Gasteiger partial charge on any atom is -0.388 e. The number of anilines is 2. The number of benzene rings is 1. The van der Waals surface area contributed by atoms with Crippen LogP contribution in [0.1, 0.15) is 22.8 Å². The summed E-state index contributed by atoms with van der Waals surface area (Å²) in [5, 5.41) is 10.4. The number of nitrogen functional groups attached to an aromatic ring is 1. The van der Waals surface area contributed by atoms with Crippen molar-refractivity contribution < 1.29 is 5.11 Å². The zero-order chi connectivity index (χ0) is 14.1. The molecule has 0 radical (unpaired) electrons. The van der Waals surface area contributed by atoms with Crippen LogP contribution in [0, 0.1) is 0 Å². The lowest BCUT2D eigenvalue weighted by molar-refractivity contribution is 0.178. The first-order valence-corrected chi connectivity index (χ1v) is 6.86. The first-order valence-electron chi connectivity index (χ1n) is 6.86. The van der Waals surface area contributed by atoms with Gasteiger partial charge < -0.3 is 15.7 Å². The van der Waals surface area contributed by atoms with Gasteiger partial charge in [-0.1, -0.05) is 12.1 Å². The van der Waals surface area contributed by atoms with E-state index in [-0.39, 0.29) is 0 Å². The summed E-state index contributed by atoms with van der Waals surface area (Å²) in [6.45, 7) is 1.05. The lowest BCUT2D eigenvalue weighted by Crippen LogP contribution is -2.12. The van der Waals surface area contributed by atoms with E-state index in [1.165, 1.54) is 11.3 Å². The Morgan fingerprint density at radius 1 is 1.35 bits per heavy atom. The van der Waals surface area contributed by atoms with E-state index in [0.717, 1.165) is 24.1 Å². The summed E-state index contributed by atoms with van der Waals surface area (Å²) in [6.07, 6.45) is 2.78. The van der Waals surface area contributed by atoms with Crippen LogP contribution in [-0.4, -0.2) is 23.7 Å². The molecule has 0 amide bonds. The maximum absolute atomic E-state index is 10.4. The van der Waals surface area contributed by atoms with E-state index >= 15 is 0 Å². The van der Waals surface area contributed by atoms with E-state index in [9.17, 15) is 5.11 Å². The summed E-state index contributed by atoms with van der Waals surface area (Å²) in [7, 11) is 2.10. The number of aromatic nitrogens is 1. The molecule has 2 aromatic rings. The number of hydrogen-bond donors (Lipinski definition) is 2. The van der Waals surface area contributed by atoms with Crippen LogP contribution < -0.4 is 10.6 Å². The molecular formula is C16H19N3O. The number of nitrogens with zero attached hydrogens (tertiary/aromatic N) is 2. The van der Waals surface area contributed by atoms with E-state index in [0.29, 0.717) is 12.2 Å². The first kappa shape index (κ1) is 12.9. The fourth-order valence-electron chi connectivity index (χ4n) is 2.76. The van der Waals surface area contributed by atoms with Crippen LogP contribution in [0.15, 0.2) is 36.5 Å². The van der Waals surface area contributed by atoms with Gasteiger partial charge in [0.1, 0.15) is 5.82 Å². The highest BCUT2D eigenvalue weighted by atomic mass is 16.3. The van der Waals surface area contributed by atoms with Crippen molar-refractivity contribution in [2.45, 2.75) is 18.9 Å². The second-order valence-corrected chi connectivity index (χ2v) is 5.37. The van der Waals surface area contributed by atoms with Crippen molar-refractivity contribution in [3.05, 3.63) is 53.2 Å². The Bertz CT molecular complexity index is 627. The molecule has 0 aliphatic carbocycles. The molecule has 0 saturated heterocycles. The quantitative estimate of drug-likeness (QED) is 0.894. The molecule has 0 saturated carbocycles. The number of likely N-dealkylation sites (N-methyl/N-ethyl adjacent to an activating group) is 1. The Balaban J connectivity index is 1.79. The fourth-order valence-corrected chi connectivity index (χ4v) is 2.76. The topological polar surface area (TPSA) is 62.4 Å². The number of nitrogens with two attached hydrogens (primary N) is 1. The highest BCUT2D eigenvalue weighted by molar-refractivity contribution is 5.58. The predicted octanol–water partition coefficient (Wildman–Crippen LogP) is 1.93. The third-order valence-corrected chi connectivity index (χ3v) is 3.89. The Morgan fingerprint density at radius 3 is 3.00 bits per heavy atom. The van der Waals surface area contributed by atoms with Gasteiger partial charge in [0.15, 0.2) is 0 Å². The fraction of sp³-hybridized carbons (Fsp3) is 0.312.